The van der Waals surface area contributed by atoms with Gasteiger partial charge in [-0.15, -0.1) is 0 Å². The number of benzene rings is 1. The smallest absolute Gasteiger partial charge is 0.292 e. The highest BCUT2D eigenvalue weighted by Gasteiger charge is 2.22. The van der Waals surface area contributed by atoms with Crippen LogP contribution in [0.15, 0.2) is 35.9 Å². The second-order valence-corrected chi connectivity index (χ2v) is 4.61. The summed E-state index contributed by atoms with van der Waals surface area (Å²) in [7, 11) is 0. The lowest BCUT2D eigenvalue weighted by atomic mass is 10.2. The molecule has 5 nitrogen and oxygen atoms in total. The van der Waals surface area contributed by atoms with E-state index in [1.165, 1.54) is 23.5 Å². The van der Waals surface area contributed by atoms with E-state index in [-0.39, 0.29) is 11.6 Å². The van der Waals surface area contributed by atoms with Crippen LogP contribution >= 0.6 is 0 Å². The van der Waals surface area contributed by atoms with Crippen LogP contribution in [0.25, 0.3) is 0 Å². The van der Waals surface area contributed by atoms with Crippen LogP contribution in [-0.4, -0.2) is 17.4 Å². The van der Waals surface area contributed by atoms with Crippen LogP contribution in [0.2, 0.25) is 0 Å². The molecule has 5 heteroatoms. The molecule has 0 N–H and O–H groups in total. The molecule has 0 fully saturated rings. The first kappa shape index (κ1) is 13.3. The Hall–Kier alpha value is -2.17. The van der Waals surface area contributed by atoms with Crippen LogP contribution in [0.4, 0.5) is 11.4 Å². The van der Waals surface area contributed by atoms with E-state index in [9.17, 15) is 14.9 Å². The van der Waals surface area contributed by atoms with Gasteiger partial charge in [0.2, 0.25) is 5.91 Å². The molecule has 0 atom stereocenters. The van der Waals surface area contributed by atoms with Crippen LogP contribution in [0.3, 0.4) is 0 Å². The van der Waals surface area contributed by atoms with Crippen LogP contribution in [-0.2, 0) is 4.79 Å². The van der Waals surface area contributed by atoms with Crippen LogP contribution in [0, 0.1) is 10.1 Å². The summed E-state index contributed by atoms with van der Waals surface area (Å²) in [4.78, 5) is 23.9. The molecule has 1 aromatic carbocycles. The first-order chi connectivity index (χ1) is 9.09. The van der Waals surface area contributed by atoms with Gasteiger partial charge in [-0.3, -0.25) is 14.9 Å². The number of amides is 1. The second kappa shape index (κ2) is 5.65. The van der Waals surface area contributed by atoms with E-state index in [1.807, 2.05) is 0 Å². The maximum absolute atomic E-state index is 11.8. The van der Waals surface area contributed by atoms with Crippen molar-refractivity contribution in [2.45, 2.75) is 26.2 Å². The summed E-state index contributed by atoms with van der Waals surface area (Å²) < 4.78 is 0. The number of nitrogens with zero attached hydrogens (tertiary/aromatic N) is 2. The summed E-state index contributed by atoms with van der Waals surface area (Å²) in [5, 5.41) is 11.0. The van der Waals surface area contributed by atoms with Gasteiger partial charge in [0.15, 0.2) is 0 Å². The molecule has 100 valence electrons. The molecule has 1 aliphatic carbocycles. The van der Waals surface area contributed by atoms with Crippen molar-refractivity contribution in [2.24, 2.45) is 0 Å². The zero-order valence-electron chi connectivity index (χ0n) is 10.8. The number of nitro groups is 1. The van der Waals surface area contributed by atoms with Gasteiger partial charge in [0.05, 0.1) is 4.92 Å². The summed E-state index contributed by atoms with van der Waals surface area (Å²) in [6, 6.07) is 6.36. The molecule has 0 aliphatic heterocycles. The van der Waals surface area contributed by atoms with Gasteiger partial charge in [-0.2, -0.15) is 0 Å². The molecule has 0 bridgehead atoms. The Morgan fingerprint density at radius 2 is 2.16 bits per heavy atom. The summed E-state index contributed by atoms with van der Waals surface area (Å²) in [6.07, 6.45) is 5.20. The molecule has 0 unspecified atom stereocenters. The first-order valence-corrected chi connectivity index (χ1v) is 6.29. The standard InChI is InChI=1S/C14H16N2O3/c1-11(17)15(10-12-6-2-3-7-12)13-8-4-5-9-14(13)16(18)19/h4-6,8-9H,2-3,7,10H2,1H3. The second-order valence-electron chi connectivity index (χ2n) is 4.61. The molecule has 19 heavy (non-hydrogen) atoms. The molecule has 0 spiro atoms. The highest BCUT2D eigenvalue weighted by Crippen LogP contribution is 2.29. The minimum Gasteiger partial charge on any atom is -0.303 e. The van der Waals surface area contributed by atoms with Gasteiger partial charge >= 0.3 is 0 Å². The van der Waals surface area contributed by atoms with Crippen LogP contribution < -0.4 is 4.90 Å². The van der Waals surface area contributed by atoms with Crippen molar-refractivity contribution in [2.75, 3.05) is 11.4 Å². The van der Waals surface area contributed by atoms with Crippen LogP contribution in [0.5, 0.6) is 0 Å². The fourth-order valence-corrected chi connectivity index (χ4v) is 2.30. The van der Waals surface area contributed by atoms with Gasteiger partial charge in [-0.25, -0.2) is 0 Å². The average molecular weight is 260 g/mol. The molecule has 1 amide bonds. The summed E-state index contributed by atoms with van der Waals surface area (Å²) in [5.74, 6) is -0.179. The van der Waals surface area contributed by atoms with Gasteiger partial charge in [-0.1, -0.05) is 23.8 Å². The van der Waals surface area contributed by atoms with E-state index in [1.54, 1.807) is 18.2 Å². The Kier molecular flexibility index (Phi) is 3.94. The molecule has 2 rings (SSSR count). The van der Waals surface area contributed by atoms with E-state index in [0.29, 0.717) is 12.2 Å². The first-order valence-electron chi connectivity index (χ1n) is 6.29. The van der Waals surface area contributed by atoms with Crippen molar-refractivity contribution in [3.05, 3.63) is 46.0 Å². The average Bonchev–Trinajstić information content (AvgIpc) is 2.88. The molecule has 1 aliphatic rings. The normalized spacial score (nSPS) is 14.1. The Bertz CT molecular complexity index is 537. The largest absolute Gasteiger partial charge is 0.303 e. The predicted molar refractivity (Wildman–Crippen MR) is 73.1 cm³/mol. The lowest BCUT2D eigenvalue weighted by Crippen LogP contribution is -2.30. The predicted octanol–water partition coefficient (Wildman–Crippen LogP) is 3.06. The maximum Gasteiger partial charge on any atom is 0.292 e. The van der Waals surface area contributed by atoms with Crippen LogP contribution in [0.1, 0.15) is 26.2 Å². The third-order valence-corrected chi connectivity index (χ3v) is 3.25. The van der Waals surface area contributed by atoms with E-state index in [0.717, 1.165) is 19.3 Å². The minimum atomic E-state index is -0.450. The minimum absolute atomic E-state index is 0.0312. The monoisotopic (exact) mass is 260 g/mol. The number of nitro benzene ring substituents is 1. The Morgan fingerprint density at radius 1 is 1.42 bits per heavy atom. The van der Waals surface area contributed by atoms with Crippen molar-refractivity contribution in [1.82, 2.24) is 0 Å². The Balaban J connectivity index is 2.33. The maximum atomic E-state index is 11.8. The Labute approximate surface area is 111 Å². The SMILES string of the molecule is CC(=O)N(CC1=CCCC1)c1ccccc1[N+](=O)[O-]. The summed E-state index contributed by atoms with van der Waals surface area (Å²) in [5.41, 5.74) is 1.51. The third kappa shape index (κ3) is 2.99. The number of carbonyl (C=O) groups excluding carboxylic acids is 1. The molecule has 0 aromatic heterocycles. The zero-order chi connectivity index (χ0) is 13.8. The third-order valence-electron chi connectivity index (χ3n) is 3.25. The number of hydrogen-bond acceptors (Lipinski definition) is 3. The van der Waals surface area contributed by atoms with E-state index >= 15 is 0 Å². The van der Waals surface area contributed by atoms with Crippen molar-refractivity contribution in [3.63, 3.8) is 0 Å². The molecular formula is C14H16N2O3. The highest BCUT2D eigenvalue weighted by atomic mass is 16.6. The van der Waals surface area contributed by atoms with Gasteiger partial charge in [0.1, 0.15) is 5.69 Å². The number of allylic oxidation sites excluding steroid dienone is 1. The fraction of sp³-hybridized carbons (Fsp3) is 0.357. The lowest BCUT2D eigenvalue weighted by Gasteiger charge is -2.21. The molecule has 0 saturated carbocycles. The topological polar surface area (TPSA) is 63.5 Å². The number of rotatable bonds is 4. The number of anilines is 1. The quantitative estimate of drug-likeness (QED) is 0.475. The van der Waals surface area contributed by atoms with E-state index in [2.05, 4.69) is 6.08 Å². The molecular weight excluding hydrogens is 244 g/mol. The van der Waals surface area contributed by atoms with Crippen molar-refractivity contribution >= 4 is 17.3 Å². The van der Waals surface area contributed by atoms with Gasteiger partial charge in [-0.05, 0) is 25.3 Å². The summed E-state index contributed by atoms with van der Waals surface area (Å²) >= 11 is 0. The van der Waals surface area contributed by atoms with Crippen molar-refractivity contribution in [3.8, 4) is 0 Å². The highest BCUT2D eigenvalue weighted by molar-refractivity contribution is 5.94. The number of para-hydroxylation sites is 2. The number of hydrogen-bond donors (Lipinski definition) is 0. The van der Waals surface area contributed by atoms with E-state index < -0.39 is 4.92 Å². The fourth-order valence-electron chi connectivity index (χ4n) is 2.30. The number of carbonyl (C=O) groups is 1. The molecule has 0 saturated heterocycles. The van der Waals surface area contributed by atoms with Crippen molar-refractivity contribution in [1.29, 1.82) is 0 Å². The molecule has 1 aromatic rings. The Morgan fingerprint density at radius 3 is 2.74 bits per heavy atom. The molecule has 0 heterocycles. The summed E-state index contributed by atoms with van der Waals surface area (Å²) in [6.45, 7) is 1.88. The molecule has 0 radical (unpaired) electrons. The van der Waals surface area contributed by atoms with Gasteiger partial charge in [0.25, 0.3) is 5.69 Å². The lowest BCUT2D eigenvalue weighted by molar-refractivity contribution is -0.384. The zero-order valence-corrected chi connectivity index (χ0v) is 10.8. The van der Waals surface area contributed by atoms with Crippen molar-refractivity contribution < 1.29 is 9.72 Å². The van der Waals surface area contributed by atoms with Gasteiger partial charge in [0, 0.05) is 19.5 Å². The van der Waals surface area contributed by atoms with E-state index in [4.69, 9.17) is 0 Å². The van der Waals surface area contributed by atoms with Gasteiger partial charge < -0.3 is 4.90 Å².